The van der Waals surface area contributed by atoms with Crippen molar-refractivity contribution in [3.63, 3.8) is 0 Å². The molecule has 0 spiro atoms. The summed E-state index contributed by atoms with van der Waals surface area (Å²) in [5.74, 6) is 0.554. The van der Waals surface area contributed by atoms with Crippen LogP contribution in [0.1, 0.15) is 17.0 Å². The van der Waals surface area contributed by atoms with E-state index in [2.05, 4.69) is 17.4 Å². The zero-order valence-corrected chi connectivity index (χ0v) is 17.3. The van der Waals surface area contributed by atoms with Crippen LogP contribution in [0, 0.1) is 0 Å². The number of fused-ring (bicyclic) bond motifs is 1. The fraction of sp³-hybridized carbons (Fsp3) is 0.130. The first kappa shape index (κ1) is 19.0. The molecule has 2 aliphatic heterocycles. The average molecular weight is 438 g/mol. The van der Waals surface area contributed by atoms with Crippen molar-refractivity contribution < 1.29 is 9.53 Å². The molecule has 1 atom stereocenters. The predicted octanol–water partition coefficient (Wildman–Crippen LogP) is 5.33. The molecule has 150 valence electrons. The van der Waals surface area contributed by atoms with Gasteiger partial charge in [0.15, 0.2) is 6.61 Å². The van der Waals surface area contributed by atoms with Gasteiger partial charge in [-0.15, -0.1) is 0 Å². The van der Waals surface area contributed by atoms with E-state index >= 15 is 0 Å². The Morgan fingerprint density at radius 1 is 1.00 bits per heavy atom. The first-order valence-corrected chi connectivity index (χ1v) is 10.3. The van der Waals surface area contributed by atoms with E-state index in [0.29, 0.717) is 28.0 Å². The summed E-state index contributed by atoms with van der Waals surface area (Å²) in [6.07, 6.45) is 0. The van der Waals surface area contributed by atoms with Crippen molar-refractivity contribution in [3.8, 4) is 5.75 Å². The molecule has 1 unspecified atom stereocenters. The van der Waals surface area contributed by atoms with Crippen molar-refractivity contribution in [2.75, 3.05) is 23.5 Å². The number of hydrazone groups is 1. The van der Waals surface area contributed by atoms with Crippen LogP contribution in [-0.2, 0) is 4.79 Å². The molecule has 0 saturated carbocycles. The lowest BCUT2D eigenvalue weighted by atomic mass is 9.90. The number of carbonyl (C=O) groups is 1. The monoisotopic (exact) mass is 437 g/mol. The van der Waals surface area contributed by atoms with E-state index in [1.54, 1.807) is 6.07 Å². The normalized spacial score (nSPS) is 17.8. The Balaban J connectivity index is 1.57. The first-order chi connectivity index (χ1) is 14.6. The smallest absolute Gasteiger partial charge is 0.262 e. The van der Waals surface area contributed by atoms with E-state index in [1.807, 2.05) is 53.5 Å². The molecule has 5 nitrogen and oxygen atoms in total. The molecule has 2 heterocycles. The lowest BCUT2D eigenvalue weighted by molar-refractivity contribution is -0.118. The van der Waals surface area contributed by atoms with Gasteiger partial charge in [0.1, 0.15) is 5.75 Å². The molecule has 1 N–H and O–H groups in total. The number of hydrogen-bond donors (Lipinski definition) is 1. The van der Waals surface area contributed by atoms with Crippen LogP contribution in [0.25, 0.3) is 0 Å². The maximum absolute atomic E-state index is 11.7. The van der Waals surface area contributed by atoms with Crippen LogP contribution in [0.4, 0.5) is 11.4 Å². The van der Waals surface area contributed by atoms with Gasteiger partial charge in [0, 0.05) is 11.5 Å². The van der Waals surface area contributed by atoms with Crippen molar-refractivity contribution in [3.05, 3.63) is 87.9 Å². The summed E-state index contributed by atoms with van der Waals surface area (Å²) >= 11 is 12.3. The van der Waals surface area contributed by atoms with E-state index in [4.69, 9.17) is 33.0 Å². The minimum absolute atomic E-state index is 0.0328. The van der Waals surface area contributed by atoms with Gasteiger partial charge in [0.2, 0.25) is 0 Å². The number of anilines is 2. The Kier molecular flexibility index (Phi) is 4.85. The highest BCUT2D eigenvalue weighted by atomic mass is 35.5. The summed E-state index contributed by atoms with van der Waals surface area (Å²) in [4.78, 5) is 11.7. The maximum atomic E-state index is 11.7. The molecule has 0 bridgehead atoms. The number of rotatable bonds is 3. The number of halogens is 2. The SMILES string of the molecule is O=C1COc2ccc(C3=NN(c4ccc(Cl)c(Cl)c4)CC3c3ccccc3)cc2N1. The van der Waals surface area contributed by atoms with Crippen molar-refractivity contribution in [1.82, 2.24) is 0 Å². The van der Waals surface area contributed by atoms with Gasteiger partial charge in [0.25, 0.3) is 5.91 Å². The van der Waals surface area contributed by atoms with Gasteiger partial charge in [-0.2, -0.15) is 5.10 Å². The minimum Gasteiger partial charge on any atom is -0.482 e. The van der Waals surface area contributed by atoms with Crippen LogP contribution in [0.3, 0.4) is 0 Å². The second kappa shape index (κ2) is 7.67. The highest BCUT2D eigenvalue weighted by molar-refractivity contribution is 6.42. The van der Waals surface area contributed by atoms with Gasteiger partial charge in [-0.25, -0.2) is 0 Å². The zero-order chi connectivity index (χ0) is 20.7. The molecule has 30 heavy (non-hydrogen) atoms. The third kappa shape index (κ3) is 3.51. The van der Waals surface area contributed by atoms with E-state index in [9.17, 15) is 4.79 Å². The standard InChI is InChI=1S/C23H17Cl2N3O2/c24-18-8-7-16(11-19(18)25)28-12-17(14-4-2-1-3-5-14)23(27-28)15-6-9-21-20(10-15)26-22(29)13-30-21/h1-11,17H,12-13H2,(H,26,29). The van der Waals surface area contributed by atoms with E-state index in [1.165, 1.54) is 0 Å². The summed E-state index contributed by atoms with van der Waals surface area (Å²) in [5.41, 5.74) is 4.53. The number of carbonyl (C=O) groups excluding carboxylic acids is 1. The lowest BCUT2D eigenvalue weighted by Gasteiger charge is -2.19. The topological polar surface area (TPSA) is 53.9 Å². The number of hydrogen-bond acceptors (Lipinski definition) is 4. The fourth-order valence-corrected chi connectivity index (χ4v) is 4.05. The van der Waals surface area contributed by atoms with Gasteiger partial charge in [-0.1, -0.05) is 53.5 Å². The van der Waals surface area contributed by atoms with Crippen molar-refractivity contribution in [2.45, 2.75) is 5.92 Å². The van der Waals surface area contributed by atoms with Crippen LogP contribution in [0.2, 0.25) is 10.0 Å². The van der Waals surface area contributed by atoms with Crippen LogP contribution in [0.5, 0.6) is 5.75 Å². The number of nitrogens with one attached hydrogen (secondary N) is 1. The van der Waals surface area contributed by atoms with Gasteiger partial charge < -0.3 is 10.1 Å². The first-order valence-electron chi connectivity index (χ1n) is 9.51. The number of nitrogens with zero attached hydrogens (tertiary/aromatic N) is 2. The largest absolute Gasteiger partial charge is 0.482 e. The van der Waals surface area contributed by atoms with Gasteiger partial charge in [-0.3, -0.25) is 9.80 Å². The molecule has 0 aromatic heterocycles. The van der Waals surface area contributed by atoms with Gasteiger partial charge in [-0.05, 0) is 42.0 Å². The number of benzene rings is 3. The van der Waals surface area contributed by atoms with Crippen LogP contribution in [0.15, 0.2) is 71.8 Å². The zero-order valence-electron chi connectivity index (χ0n) is 15.8. The second-order valence-corrected chi connectivity index (χ2v) is 7.99. The Morgan fingerprint density at radius 3 is 2.63 bits per heavy atom. The molecule has 0 saturated heterocycles. The van der Waals surface area contributed by atoms with Crippen molar-refractivity contribution in [2.24, 2.45) is 5.10 Å². The third-order valence-electron chi connectivity index (χ3n) is 5.23. The third-order valence-corrected chi connectivity index (χ3v) is 5.96. The molecule has 7 heteroatoms. The van der Waals surface area contributed by atoms with Gasteiger partial charge in [0.05, 0.1) is 33.7 Å². The highest BCUT2D eigenvalue weighted by Crippen LogP contribution is 2.36. The van der Waals surface area contributed by atoms with Gasteiger partial charge >= 0.3 is 0 Å². The van der Waals surface area contributed by atoms with E-state index < -0.39 is 0 Å². The molecule has 2 aliphatic rings. The number of ether oxygens (including phenoxy) is 1. The molecule has 5 rings (SSSR count). The molecule has 0 aliphatic carbocycles. The van der Waals surface area contributed by atoms with Crippen LogP contribution >= 0.6 is 23.2 Å². The molecule has 0 fully saturated rings. The predicted molar refractivity (Wildman–Crippen MR) is 120 cm³/mol. The second-order valence-electron chi connectivity index (χ2n) is 7.18. The summed E-state index contributed by atoms with van der Waals surface area (Å²) in [6, 6.07) is 21.5. The molecular weight excluding hydrogens is 421 g/mol. The Hall–Kier alpha value is -3.02. The minimum atomic E-state index is -0.162. The fourth-order valence-electron chi connectivity index (χ4n) is 3.76. The lowest BCUT2D eigenvalue weighted by Crippen LogP contribution is -2.25. The quantitative estimate of drug-likeness (QED) is 0.601. The van der Waals surface area contributed by atoms with Crippen LogP contribution in [-0.4, -0.2) is 24.8 Å². The summed E-state index contributed by atoms with van der Waals surface area (Å²) < 4.78 is 5.49. The number of amides is 1. The maximum Gasteiger partial charge on any atom is 0.262 e. The molecular formula is C23H17Cl2N3O2. The van der Waals surface area contributed by atoms with Crippen LogP contribution < -0.4 is 15.1 Å². The molecule has 3 aromatic rings. The van der Waals surface area contributed by atoms with E-state index in [0.717, 1.165) is 22.5 Å². The molecule has 3 aromatic carbocycles. The summed E-state index contributed by atoms with van der Waals surface area (Å²) in [7, 11) is 0. The highest BCUT2D eigenvalue weighted by Gasteiger charge is 2.31. The average Bonchev–Trinajstić information content (AvgIpc) is 3.21. The summed E-state index contributed by atoms with van der Waals surface area (Å²) in [5, 5.41) is 10.7. The van der Waals surface area contributed by atoms with Crippen molar-refractivity contribution in [1.29, 1.82) is 0 Å². The molecule has 1 amide bonds. The Morgan fingerprint density at radius 2 is 1.83 bits per heavy atom. The molecule has 0 radical (unpaired) electrons. The summed E-state index contributed by atoms with van der Waals surface area (Å²) in [6.45, 7) is 0.697. The Bertz CT molecular complexity index is 1160. The Labute approximate surface area is 183 Å². The van der Waals surface area contributed by atoms with Crippen molar-refractivity contribution >= 4 is 46.2 Å². The van der Waals surface area contributed by atoms with E-state index in [-0.39, 0.29) is 18.4 Å².